The smallest absolute Gasteiger partial charge is 0.222 e. The van der Waals surface area contributed by atoms with E-state index in [-0.39, 0.29) is 0 Å². The van der Waals surface area contributed by atoms with E-state index in [1.165, 1.54) is 0 Å². The molecular formula is C14H16N2O2. The van der Waals surface area contributed by atoms with Crippen molar-refractivity contribution in [2.24, 2.45) is 0 Å². The zero-order valence-electron chi connectivity index (χ0n) is 11.0. The predicted octanol–water partition coefficient (Wildman–Crippen LogP) is 2.92. The molecule has 4 nitrogen and oxygen atoms in total. The van der Waals surface area contributed by atoms with Crippen LogP contribution in [0.4, 0.5) is 0 Å². The summed E-state index contributed by atoms with van der Waals surface area (Å²) in [6.45, 7) is 7.31. The average molecular weight is 244 g/mol. The van der Waals surface area contributed by atoms with E-state index in [0.717, 1.165) is 11.4 Å². The van der Waals surface area contributed by atoms with Crippen molar-refractivity contribution >= 4 is 0 Å². The third kappa shape index (κ3) is 1.73. The molecule has 2 aromatic heterocycles. The molecule has 0 amide bonds. The molecule has 0 radical (unpaired) electrons. The van der Waals surface area contributed by atoms with Gasteiger partial charge in [0.2, 0.25) is 5.88 Å². The van der Waals surface area contributed by atoms with Crippen LogP contribution in [0.1, 0.15) is 41.3 Å². The lowest BCUT2D eigenvalue weighted by molar-refractivity contribution is 0.197. The number of nitriles is 1. The molecule has 0 fully saturated rings. The van der Waals surface area contributed by atoms with Crippen LogP contribution in [0.3, 0.4) is 0 Å². The molecule has 0 saturated carbocycles. The molecule has 0 unspecified atom stereocenters. The Morgan fingerprint density at radius 3 is 2.28 bits per heavy atom. The molecule has 2 rings (SSSR count). The van der Waals surface area contributed by atoms with Gasteiger partial charge in [-0.3, -0.25) is 4.57 Å². The lowest BCUT2D eigenvalue weighted by Crippen LogP contribution is -2.01. The minimum absolute atomic E-state index is 0.407. The van der Waals surface area contributed by atoms with E-state index >= 15 is 0 Å². The van der Waals surface area contributed by atoms with Crippen molar-refractivity contribution in [3.63, 3.8) is 0 Å². The Labute approximate surface area is 106 Å². The number of furan rings is 1. The molecule has 2 aromatic rings. The van der Waals surface area contributed by atoms with E-state index in [2.05, 4.69) is 6.07 Å². The number of aromatic nitrogens is 1. The van der Waals surface area contributed by atoms with Crippen molar-refractivity contribution in [2.75, 3.05) is 0 Å². The van der Waals surface area contributed by atoms with Crippen LogP contribution in [0.2, 0.25) is 0 Å². The Kier molecular flexibility index (Phi) is 3.02. The zero-order chi connectivity index (χ0) is 13.4. The molecule has 94 valence electrons. The fourth-order valence-electron chi connectivity index (χ4n) is 2.30. The molecule has 1 atom stereocenters. The van der Waals surface area contributed by atoms with Gasteiger partial charge in [-0.25, -0.2) is 0 Å². The van der Waals surface area contributed by atoms with Crippen LogP contribution in [-0.2, 0) is 0 Å². The van der Waals surface area contributed by atoms with Gasteiger partial charge in [0.15, 0.2) is 0 Å². The predicted molar refractivity (Wildman–Crippen MR) is 67.6 cm³/mol. The molecule has 0 aliphatic carbocycles. The molecule has 0 aliphatic rings. The number of rotatable bonds is 2. The number of aryl methyl sites for hydroxylation is 3. The summed E-state index contributed by atoms with van der Waals surface area (Å²) in [5.41, 5.74) is 2.97. The molecule has 18 heavy (non-hydrogen) atoms. The van der Waals surface area contributed by atoms with E-state index in [0.29, 0.717) is 22.8 Å². The summed E-state index contributed by atoms with van der Waals surface area (Å²) in [6, 6.07) is 6.07. The van der Waals surface area contributed by atoms with Gasteiger partial charge >= 0.3 is 0 Å². The molecule has 1 N–H and O–H groups in total. The van der Waals surface area contributed by atoms with Crippen LogP contribution < -0.4 is 0 Å². The summed E-state index contributed by atoms with van der Waals surface area (Å²) in [4.78, 5) is 0. The monoisotopic (exact) mass is 244 g/mol. The van der Waals surface area contributed by atoms with E-state index < -0.39 is 6.10 Å². The summed E-state index contributed by atoms with van der Waals surface area (Å²) in [7, 11) is 0. The van der Waals surface area contributed by atoms with E-state index in [1.54, 1.807) is 13.8 Å². The SMILES string of the molecule is Cc1oc(-n2c(C)ccc2C)c(C#N)c1[C@H](C)O. The Balaban J connectivity index is 2.75. The van der Waals surface area contributed by atoms with Crippen molar-refractivity contribution < 1.29 is 9.52 Å². The molecule has 0 spiro atoms. The number of hydrogen-bond donors (Lipinski definition) is 1. The summed E-state index contributed by atoms with van der Waals surface area (Å²) in [6.07, 6.45) is -0.715. The lowest BCUT2D eigenvalue weighted by Gasteiger charge is -2.06. The fraction of sp³-hybridized carbons (Fsp3) is 0.357. The van der Waals surface area contributed by atoms with Gasteiger partial charge in [0.1, 0.15) is 17.4 Å². The first-order valence-electron chi connectivity index (χ1n) is 5.84. The minimum Gasteiger partial charge on any atom is -0.443 e. The highest BCUT2D eigenvalue weighted by Crippen LogP contribution is 2.31. The van der Waals surface area contributed by atoms with Crippen molar-refractivity contribution in [3.8, 4) is 12.0 Å². The highest BCUT2D eigenvalue weighted by molar-refractivity contribution is 5.52. The maximum atomic E-state index is 9.75. The van der Waals surface area contributed by atoms with Crippen LogP contribution in [0.25, 0.3) is 5.88 Å². The van der Waals surface area contributed by atoms with Gasteiger partial charge in [0, 0.05) is 17.0 Å². The maximum absolute atomic E-state index is 9.75. The highest BCUT2D eigenvalue weighted by atomic mass is 16.4. The topological polar surface area (TPSA) is 62.1 Å². The maximum Gasteiger partial charge on any atom is 0.222 e. The molecule has 0 bridgehead atoms. The summed E-state index contributed by atoms with van der Waals surface area (Å²) in [5, 5.41) is 19.1. The summed E-state index contributed by atoms with van der Waals surface area (Å²) < 4.78 is 7.57. The molecule has 4 heteroatoms. The zero-order valence-corrected chi connectivity index (χ0v) is 11.0. The minimum atomic E-state index is -0.715. The van der Waals surface area contributed by atoms with Crippen molar-refractivity contribution in [3.05, 3.63) is 40.4 Å². The van der Waals surface area contributed by atoms with Gasteiger partial charge in [-0.05, 0) is 39.8 Å². The second-order valence-electron chi connectivity index (χ2n) is 4.49. The second-order valence-corrected chi connectivity index (χ2v) is 4.49. The normalized spacial score (nSPS) is 12.4. The molecule has 0 saturated heterocycles. The fourth-order valence-corrected chi connectivity index (χ4v) is 2.30. The summed E-state index contributed by atoms with van der Waals surface area (Å²) >= 11 is 0. The quantitative estimate of drug-likeness (QED) is 0.883. The van der Waals surface area contributed by atoms with Crippen molar-refractivity contribution in [2.45, 2.75) is 33.8 Å². The Morgan fingerprint density at radius 2 is 1.83 bits per heavy atom. The Morgan fingerprint density at radius 1 is 1.28 bits per heavy atom. The van der Waals surface area contributed by atoms with E-state index in [4.69, 9.17) is 4.42 Å². The number of hydrogen-bond acceptors (Lipinski definition) is 3. The van der Waals surface area contributed by atoms with Crippen LogP contribution >= 0.6 is 0 Å². The largest absolute Gasteiger partial charge is 0.443 e. The second kappa shape index (κ2) is 4.35. The van der Waals surface area contributed by atoms with Gasteiger partial charge in [-0.2, -0.15) is 5.26 Å². The van der Waals surface area contributed by atoms with Crippen LogP contribution in [0, 0.1) is 32.1 Å². The number of aliphatic hydroxyl groups is 1. The van der Waals surface area contributed by atoms with Crippen LogP contribution in [0.5, 0.6) is 0 Å². The molecule has 0 aromatic carbocycles. The van der Waals surface area contributed by atoms with Crippen LogP contribution in [0.15, 0.2) is 16.5 Å². The van der Waals surface area contributed by atoms with Gasteiger partial charge < -0.3 is 9.52 Å². The third-order valence-corrected chi connectivity index (χ3v) is 3.12. The summed E-state index contributed by atoms with van der Waals surface area (Å²) in [5.74, 6) is 1.08. The lowest BCUT2D eigenvalue weighted by atomic mass is 10.1. The van der Waals surface area contributed by atoms with Gasteiger partial charge in [-0.15, -0.1) is 0 Å². The Bertz CT molecular complexity index is 607. The number of aliphatic hydroxyl groups excluding tert-OH is 1. The first-order valence-corrected chi connectivity index (χ1v) is 5.84. The van der Waals surface area contributed by atoms with Crippen molar-refractivity contribution in [1.82, 2.24) is 4.57 Å². The van der Waals surface area contributed by atoms with E-state index in [1.807, 2.05) is 30.5 Å². The highest BCUT2D eigenvalue weighted by Gasteiger charge is 2.23. The van der Waals surface area contributed by atoms with E-state index in [9.17, 15) is 10.4 Å². The van der Waals surface area contributed by atoms with Crippen LogP contribution in [-0.4, -0.2) is 9.67 Å². The first kappa shape index (κ1) is 12.5. The third-order valence-electron chi connectivity index (χ3n) is 3.12. The molecule has 0 aliphatic heterocycles. The van der Waals surface area contributed by atoms with Gasteiger partial charge in [0.05, 0.1) is 6.10 Å². The van der Waals surface area contributed by atoms with Crippen molar-refractivity contribution in [1.29, 1.82) is 5.26 Å². The molecule has 2 heterocycles. The molecular weight excluding hydrogens is 228 g/mol. The number of nitrogens with zero attached hydrogens (tertiary/aromatic N) is 2. The Hall–Kier alpha value is -1.99. The van der Waals surface area contributed by atoms with Gasteiger partial charge in [-0.1, -0.05) is 0 Å². The standard InChI is InChI=1S/C14H16N2O2/c1-8-5-6-9(2)16(8)14-12(7-15)13(10(3)17)11(4)18-14/h5-6,10,17H,1-4H3/t10-/m0/s1. The average Bonchev–Trinajstić information content (AvgIpc) is 2.79. The van der Waals surface area contributed by atoms with Gasteiger partial charge in [0.25, 0.3) is 0 Å². The first-order chi connectivity index (χ1) is 8.47.